The average molecular weight is 197 g/mol. The quantitative estimate of drug-likeness (QED) is 0.761. The third-order valence-electron chi connectivity index (χ3n) is 2.17. The number of hydrogen-bond donors (Lipinski definition) is 2. The first-order valence-electron chi connectivity index (χ1n) is 4.18. The van der Waals surface area contributed by atoms with Gasteiger partial charge in [0, 0.05) is 11.4 Å². The summed E-state index contributed by atoms with van der Waals surface area (Å²) in [7, 11) is 0. The number of carbonyl (C=O) groups is 1. The molecule has 1 fully saturated rings. The first-order chi connectivity index (χ1) is 6.16. The Morgan fingerprint density at radius 2 is 2.54 bits per heavy atom. The Morgan fingerprint density at radius 3 is 3.00 bits per heavy atom. The van der Waals surface area contributed by atoms with Crippen molar-refractivity contribution in [3.8, 4) is 0 Å². The van der Waals surface area contributed by atoms with Crippen LogP contribution < -0.4 is 11.1 Å². The van der Waals surface area contributed by atoms with Crippen molar-refractivity contribution >= 4 is 22.4 Å². The molecule has 0 aliphatic heterocycles. The number of nitrogens with one attached hydrogen (secondary N) is 1. The SMILES string of the molecule is C[C@@H]1C[C@H]1Nc1nc(C(N)=O)cs1. The largest absolute Gasteiger partial charge is 0.364 e. The van der Waals surface area contributed by atoms with E-state index in [0.29, 0.717) is 11.7 Å². The van der Waals surface area contributed by atoms with Crippen LogP contribution in [0.4, 0.5) is 5.13 Å². The zero-order chi connectivity index (χ0) is 9.42. The molecule has 0 spiro atoms. The normalized spacial score (nSPS) is 25.6. The first kappa shape index (κ1) is 8.50. The van der Waals surface area contributed by atoms with Gasteiger partial charge in [0.1, 0.15) is 5.69 Å². The fraction of sp³-hybridized carbons (Fsp3) is 0.500. The third-order valence-corrected chi connectivity index (χ3v) is 2.95. The molecule has 1 aliphatic carbocycles. The molecule has 1 heterocycles. The van der Waals surface area contributed by atoms with Gasteiger partial charge >= 0.3 is 0 Å². The summed E-state index contributed by atoms with van der Waals surface area (Å²) in [5.41, 5.74) is 5.43. The monoisotopic (exact) mass is 197 g/mol. The minimum atomic E-state index is -0.465. The number of nitrogens with zero attached hydrogens (tertiary/aromatic N) is 1. The zero-order valence-electron chi connectivity index (χ0n) is 7.28. The molecule has 0 unspecified atom stereocenters. The lowest BCUT2D eigenvalue weighted by Crippen LogP contribution is -2.11. The maximum atomic E-state index is 10.7. The maximum absolute atomic E-state index is 10.7. The van der Waals surface area contributed by atoms with Crippen LogP contribution in [0.3, 0.4) is 0 Å². The summed E-state index contributed by atoms with van der Waals surface area (Å²) < 4.78 is 0. The van der Waals surface area contributed by atoms with Gasteiger partial charge in [-0.05, 0) is 12.3 Å². The minimum absolute atomic E-state index is 0.348. The Bertz CT molecular complexity index is 336. The minimum Gasteiger partial charge on any atom is -0.364 e. The molecular weight excluding hydrogens is 186 g/mol. The molecule has 1 aliphatic rings. The molecule has 3 N–H and O–H groups in total. The molecule has 4 nitrogen and oxygen atoms in total. The van der Waals surface area contributed by atoms with E-state index in [2.05, 4.69) is 17.2 Å². The number of rotatable bonds is 3. The number of aromatic nitrogens is 1. The van der Waals surface area contributed by atoms with Gasteiger partial charge in [-0.15, -0.1) is 11.3 Å². The van der Waals surface area contributed by atoms with Crippen molar-refractivity contribution in [2.24, 2.45) is 11.7 Å². The Kier molecular flexibility index (Phi) is 1.95. The molecule has 2 rings (SSSR count). The molecule has 5 heteroatoms. The Labute approximate surface area is 80.2 Å². The molecule has 0 radical (unpaired) electrons. The molecule has 1 amide bonds. The van der Waals surface area contributed by atoms with Crippen LogP contribution in [-0.4, -0.2) is 16.9 Å². The van der Waals surface area contributed by atoms with E-state index in [0.717, 1.165) is 11.0 Å². The number of amides is 1. The van der Waals surface area contributed by atoms with Crippen molar-refractivity contribution in [3.63, 3.8) is 0 Å². The zero-order valence-corrected chi connectivity index (χ0v) is 8.10. The molecule has 13 heavy (non-hydrogen) atoms. The predicted molar refractivity (Wildman–Crippen MR) is 51.8 cm³/mol. The molecule has 0 bridgehead atoms. The van der Waals surface area contributed by atoms with Gasteiger partial charge in [0.05, 0.1) is 0 Å². The van der Waals surface area contributed by atoms with Crippen LogP contribution >= 0.6 is 11.3 Å². The van der Waals surface area contributed by atoms with Gasteiger partial charge in [0.25, 0.3) is 5.91 Å². The maximum Gasteiger partial charge on any atom is 0.268 e. The average Bonchev–Trinajstić information content (AvgIpc) is 2.61. The van der Waals surface area contributed by atoms with E-state index >= 15 is 0 Å². The second-order valence-corrected chi connectivity index (χ2v) is 4.22. The molecule has 2 atom stereocenters. The van der Waals surface area contributed by atoms with Crippen LogP contribution in [0.2, 0.25) is 0 Å². The van der Waals surface area contributed by atoms with Crippen LogP contribution in [0, 0.1) is 5.92 Å². The van der Waals surface area contributed by atoms with Crippen LogP contribution in [0.25, 0.3) is 0 Å². The Balaban J connectivity index is 2.01. The summed E-state index contributed by atoms with van der Waals surface area (Å²) in [4.78, 5) is 14.8. The van der Waals surface area contributed by atoms with Crippen molar-refractivity contribution in [3.05, 3.63) is 11.1 Å². The molecule has 1 saturated carbocycles. The standard InChI is InChI=1S/C8H11N3OS/c1-4-2-5(4)10-8-11-6(3-13-8)7(9)12/h3-5H,2H2,1H3,(H2,9,12)(H,10,11)/t4-,5-/m1/s1. The summed E-state index contributed by atoms with van der Waals surface area (Å²) in [6.45, 7) is 2.18. The second-order valence-electron chi connectivity index (χ2n) is 3.37. The topological polar surface area (TPSA) is 68.0 Å². The van der Waals surface area contributed by atoms with Crippen molar-refractivity contribution < 1.29 is 4.79 Å². The van der Waals surface area contributed by atoms with Gasteiger partial charge in [-0.25, -0.2) is 4.98 Å². The summed E-state index contributed by atoms with van der Waals surface area (Å²) >= 11 is 1.43. The highest BCUT2D eigenvalue weighted by Crippen LogP contribution is 2.33. The van der Waals surface area contributed by atoms with Crippen LogP contribution in [-0.2, 0) is 0 Å². The first-order valence-corrected chi connectivity index (χ1v) is 5.06. The van der Waals surface area contributed by atoms with Gasteiger partial charge in [-0.3, -0.25) is 4.79 Å². The van der Waals surface area contributed by atoms with Crippen LogP contribution in [0.1, 0.15) is 23.8 Å². The van der Waals surface area contributed by atoms with Gasteiger partial charge in [-0.2, -0.15) is 0 Å². The lowest BCUT2D eigenvalue weighted by molar-refractivity contribution is 0.0996. The van der Waals surface area contributed by atoms with Crippen molar-refractivity contribution in [2.75, 3.05) is 5.32 Å². The highest BCUT2D eigenvalue weighted by atomic mass is 32.1. The van der Waals surface area contributed by atoms with Crippen LogP contribution in [0.5, 0.6) is 0 Å². The van der Waals surface area contributed by atoms with E-state index in [1.54, 1.807) is 5.38 Å². The van der Waals surface area contributed by atoms with Crippen molar-refractivity contribution in [1.29, 1.82) is 0 Å². The molecule has 1 aromatic rings. The molecular formula is C8H11N3OS. The Morgan fingerprint density at radius 1 is 1.85 bits per heavy atom. The number of anilines is 1. The Hall–Kier alpha value is -1.10. The summed E-state index contributed by atoms with van der Waals surface area (Å²) in [6, 6.07) is 0.534. The lowest BCUT2D eigenvalue weighted by atomic mass is 10.5. The van der Waals surface area contributed by atoms with Crippen molar-refractivity contribution in [1.82, 2.24) is 4.98 Å². The van der Waals surface area contributed by atoms with E-state index in [1.807, 2.05) is 0 Å². The third kappa shape index (κ3) is 1.80. The lowest BCUT2D eigenvalue weighted by Gasteiger charge is -1.97. The van der Waals surface area contributed by atoms with Crippen LogP contribution in [0.15, 0.2) is 5.38 Å². The summed E-state index contributed by atoms with van der Waals surface area (Å²) in [5, 5.41) is 5.71. The van der Waals surface area contributed by atoms with Gasteiger partial charge in [0.15, 0.2) is 5.13 Å². The van der Waals surface area contributed by atoms with E-state index in [9.17, 15) is 4.79 Å². The highest BCUT2D eigenvalue weighted by Gasteiger charge is 2.33. The van der Waals surface area contributed by atoms with Crippen molar-refractivity contribution in [2.45, 2.75) is 19.4 Å². The molecule has 0 aromatic carbocycles. The predicted octanol–water partition coefficient (Wildman–Crippen LogP) is 1.06. The fourth-order valence-corrected chi connectivity index (χ4v) is 1.90. The fourth-order valence-electron chi connectivity index (χ4n) is 1.13. The summed E-state index contributed by atoms with van der Waals surface area (Å²) in [5.74, 6) is 0.258. The number of hydrogen-bond acceptors (Lipinski definition) is 4. The number of thiazole rings is 1. The highest BCUT2D eigenvalue weighted by molar-refractivity contribution is 7.13. The number of nitrogens with two attached hydrogens (primary N) is 1. The van der Waals surface area contributed by atoms with E-state index in [1.165, 1.54) is 17.8 Å². The number of primary amides is 1. The summed E-state index contributed by atoms with van der Waals surface area (Å²) in [6.07, 6.45) is 1.19. The van der Waals surface area contributed by atoms with Gasteiger partial charge < -0.3 is 11.1 Å². The number of carbonyl (C=O) groups excluding carboxylic acids is 1. The second kappa shape index (κ2) is 2.99. The van der Waals surface area contributed by atoms with Gasteiger partial charge in [0.2, 0.25) is 0 Å². The smallest absolute Gasteiger partial charge is 0.268 e. The molecule has 1 aromatic heterocycles. The van der Waals surface area contributed by atoms with Gasteiger partial charge in [-0.1, -0.05) is 6.92 Å². The van der Waals surface area contributed by atoms with E-state index < -0.39 is 5.91 Å². The van der Waals surface area contributed by atoms with E-state index in [4.69, 9.17) is 5.73 Å². The molecule has 70 valence electrons. The molecule has 0 saturated heterocycles. The van der Waals surface area contributed by atoms with E-state index in [-0.39, 0.29) is 0 Å².